The predicted molar refractivity (Wildman–Crippen MR) is 101 cm³/mol. The van der Waals surface area contributed by atoms with E-state index in [2.05, 4.69) is 12.1 Å². The molecule has 1 aromatic heterocycles. The molecule has 5 rings (SSSR count). The Morgan fingerprint density at radius 1 is 1.00 bits per heavy atom. The van der Waals surface area contributed by atoms with E-state index in [1.165, 1.54) is 30.9 Å². The molecule has 3 aromatic rings. The molecule has 0 atom stereocenters. The Morgan fingerprint density at radius 2 is 1.85 bits per heavy atom. The highest BCUT2D eigenvalue weighted by atomic mass is 19.1. The molecule has 1 saturated carbocycles. The Bertz CT molecular complexity index is 972. The number of halogens is 1. The molecule has 0 radical (unpaired) electrons. The second-order valence-electron chi connectivity index (χ2n) is 7.77. The van der Waals surface area contributed by atoms with Crippen LogP contribution in [-0.2, 0) is 18.4 Å². The van der Waals surface area contributed by atoms with Gasteiger partial charge in [-0.1, -0.05) is 55.7 Å². The number of hydrogen-bond donors (Lipinski definition) is 0. The third-order valence-corrected chi connectivity index (χ3v) is 5.93. The van der Waals surface area contributed by atoms with Gasteiger partial charge in [0.25, 0.3) is 0 Å². The lowest BCUT2D eigenvalue weighted by atomic mass is 9.70. The van der Waals surface area contributed by atoms with Crippen molar-refractivity contribution in [3.05, 3.63) is 71.7 Å². The summed E-state index contributed by atoms with van der Waals surface area (Å²) in [6.07, 6.45) is 8.40. The van der Waals surface area contributed by atoms with Crippen LogP contribution in [0.3, 0.4) is 0 Å². The van der Waals surface area contributed by atoms with E-state index in [-0.39, 0.29) is 23.6 Å². The van der Waals surface area contributed by atoms with Gasteiger partial charge in [0.1, 0.15) is 18.6 Å². The Labute approximate surface area is 158 Å². The van der Waals surface area contributed by atoms with Crippen LogP contribution in [0.4, 0.5) is 4.39 Å². The van der Waals surface area contributed by atoms with Crippen LogP contribution in [0, 0.1) is 5.82 Å². The van der Waals surface area contributed by atoms with Gasteiger partial charge in [-0.2, -0.15) is 0 Å². The first-order valence-corrected chi connectivity index (χ1v) is 9.69. The molecule has 3 nitrogen and oxygen atoms in total. The smallest absolute Gasteiger partial charge is 0.200 e. The highest BCUT2D eigenvalue weighted by Crippen LogP contribution is 2.43. The number of rotatable bonds is 0. The summed E-state index contributed by atoms with van der Waals surface area (Å²) in [6.45, 7) is 0.202. The molecule has 4 heteroatoms. The summed E-state index contributed by atoms with van der Waals surface area (Å²) in [4.78, 5) is 4.75. The van der Waals surface area contributed by atoms with E-state index in [0.29, 0.717) is 5.69 Å². The molecule has 0 saturated heterocycles. The number of oxazole rings is 1. The summed E-state index contributed by atoms with van der Waals surface area (Å²) in [5, 5.41) is 0. The normalized spacial score (nSPS) is 18.1. The molecule has 1 fully saturated rings. The van der Waals surface area contributed by atoms with Crippen LogP contribution in [0.1, 0.15) is 49.3 Å². The van der Waals surface area contributed by atoms with Crippen LogP contribution in [0.2, 0.25) is 0 Å². The quantitative estimate of drug-likeness (QED) is 0.505. The highest BCUT2D eigenvalue weighted by Gasteiger charge is 2.38. The van der Waals surface area contributed by atoms with E-state index in [1.54, 1.807) is 12.3 Å². The van der Waals surface area contributed by atoms with Crippen LogP contribution >= 0.6 is 0 Å². The van der Waals surface area contributed by atoms with Gasteiger partial charge in [-0.15, -0.1) is 0 Å². The highest BCUT2D eigenvalue weighted by molar-refractivity contribution is 5.71. The lowest BCUT2D eigenvalue weighted by Gasteiger charge is -2.34. The van der Waals surface area contributed by atoms with Crippen LogP contribution in [0.5, 0.6) is 5.75 Å². The molecule has 1 aliphatic heterocycles. The van der Waals surface area contributed by atoms with Gasteiger partial charge in [-0.25, -0.2) is 9.37 Å². The second kappa shape index (κ2) is 6.52. The summed E-state index contributed by atoms with van der Waals surface area (Å²) in [7, 11) is 0. The molecule has 0 unspecified atom stereocenters. The lowest BCUT2D eigenvalue weighted by molar-refractivity contribution is 0.233. The zero-order valence-corrected chi connectivity index (χ0v) is 15.2. The van der Waals surface area contributed by atoms with Crippen LogP contribution in [0.25, 0.3) is 11.1 Å². The zero-order chi connectivity index (χ0) is 18.3. The molecule has 1 aliphatic carbocycles. The van der Waals surface area contributed by atoms with Crippen molar-refractivity contribution in [1.29, 1.82) is 0 Å². The fourth-order valence-electron chi connectivity index (χ4n) is 4.58. The predicted octanol–water partition coefficient (Wildman–Crippen LogP) is 5.82. The van der Waals surface area contributed by atoms with E-state index >= 15 is 0 Å². The molecule has 138 valence electrons. The van der Waals surface area contributed by atoms with Gasteiger partial charge in [0.05, 0.1) is 5.41 Å². The summed E-state index contributed by atoms with van der Waals surface area (Å²) in [5.41, 5.74) is 3.65. The molecule has 27 heavy (non-hydrogen) atoms. The molecule has 4 bridgehead atoms. The average molecular weight is 363 g/mol. The molecule has 0 N–H and O–H groups in total. The second-order valence-corrected chi connectivity index (χ2v) is 7.77. The van der Waals surface area contributed by atoms with Crippen molar-refractivity contribution in [3.63, 3.8) is 0 Å². The van der Waals surface area contributed by atoms with Crippen LogP contribution < -0.4 is 4.74 Å². The van der Waals surface area contributed by atoms with Gasteiger partial charge in [0.15, 0.2) is 11.6 Å². The van der Waals surface area contributed by atoms with E-state index in [1.807, 2.05) is 18.2 Å². The lowest BCUT2D eigenvalue weighted by Crippen LogP contribution is -2.32. The largest absolute Gasteiger partial charge is 0.483 e. The van der Waals surface area contributed by atoms with Crippen LogP contribution in [0.15, 0.2) is 53.1 Å². The van der Waals surface area contributed by atoms with Crippen molar-refractivity contribution in [2.45, 2.75) is 50.5 Å². The van der Waals surface area contributed by atoms with Crippen molar-refractivity contribution in [2.75, 3.05) is 0 Å². The Morgan fingerprint density at radius 3 is 2.74 bits per heavy atom. The molecular weight excluding hydrogens is 341 g/mol. The van der Waals surface area contributed by atoms with Gasteiger partial charge in [0, 0.05) is 5.56 Å². The summed E-state index contributed by atoms with van der Waals surface area (Å²) < 4.78 is 26.3. The maximum Gasteiger partial charge on any atom is 0.200 e. The topological polar surface area (TPSA) is 35.3 Å². The minimum Gasteiger partial charge on any atom is -0.483 e. The standard InChI is InChI=1S/C23H22FNO2/c24-20-9-5-8-19-17-7-4-6-16(12-17)13-23(10-2-1-3-11-23)22-25-18(15-27-22)14-26-21(19)20/h4-9,12,15H,1-3,10-11,13-14H2. The van der Waals surface area contributed by atoms with Gasteiger partial charge < -0.3 is 9.15 Å². The molecule has 0 amide bonds. The fraction of sp³-hybridized carbons (Fsp3) is 0.348. The number of para-hydroxylation sites is 1. The van der Waals surface area contributed by atoms with Gasteiger partial charge in [0.2, 0.25) is 5.89 Å². The zero-order valence-electron chi connectivity index (χ0n) is 15.2. The van der Waals surface area contributed by atoms with Crippen molar-refractivity contribution in [1.82, 2.24) is 4.98 Å². The number of fused-ring (bicyclic) bond motifs is 7. The van der Waals surface area contributed by atoms with Crippen molar-refractivity contribution >= 4 is 0 Å². The monoisotopic (exact) mass is 363 g/mol. The van der Waals surface area contributed by atoms with E-state index < -0.39 is 0 Å². The number of benzene rings is 2. The van der Waals surface area contributed by atoms with E-state index in [0.717, 1.165) is 36.3 Å². The number of ether oxygens (including phenoxy) is 1. The molecule has 1 spiro atoms. The van der Waals surface area contributed by atoms with Crippen molar-refractivity contribution in [3.8, 4) is 16.9 Å². The van der Waals surface area contributed by atoms with Crippen molar-refractivity contribution in [2.24, 2.45) is 0 Å². The van der Waals surface area contributed by atoms with Crippen molar-refractivity contribution < 1.29 is 13.5 Å². The van der Waals surface area contributed by atoms with Gasteiger partial charge in [-0.3, -0.25) is 0 Å². The summed E-state index contributed by atoms with van der Waals surface area (Å²) in [6, 6.07) is 13.4. The molecule has 2 aromatic carbocycles. The van der Waals surface area contributed by atoms with E-state index in [9.17, 15) is 4.39 Å². The third kappa shape index (κ3) is 2.93. The summed E-state index contributed by atoms with van der Waals surface area (Å²) in [5.74, 6) is 0.718. The Balaban J connectivity index is 1.68. The Kier molecular flexibility index (Phi) is 4.00. The minimum absolute atomic E-state index is 0.0565. The first-order chi connectivity index (χ1) is 13.2. The first-order valence-electron chi connectivity index (χ1n) is 9.69. The van der Waals surface area contributed by atoms with Crippen LogP contribution in [-0.4, -0.2) is 4.98 Å². The third-order valence-electron chi connectivity index (χ3n) is 5.93. The molecular formula is C23H22FNO2. The van der Waals surface area contributed by atoms with E-state index in [4.69, 9.17) is 14.1 Å². The Hall–Kier alpha value is -2.62. The van der Waals surface area contributed by atoms with Gasteiger partial charge in [-0.05, 0) is 36.5 Å². The SMILES string of the molecule is Fc1cccc2c1OCc1coc(n1)C1(CCCCC1)Cc1cccc-2c1. The maximum absolute atomic E-state index is 14.5. The molecule has 2 aliphatic rings. The molecule has 2 heterocycles. The first kappa shape index (κ1) is 16.5. The number of aromatic nitrogens is 1. The number of hydrogen-bond acceptors (Lipinski definition) is 3. The summed E-state index contributed by atoms with van der Waals surface area (Å²) >= 11 is 0. The maximum atomic E-state index is 14.5. The average Bonchev–Trinajstić information content (AvgIpc) is 3.17. The number of nitrogens with zero attached hydrogens (tertiary/aromatic N) is 1. The fourth-order valence-corrected chi connectivity index (χ4v) is 4.58. The van der Waals surface area contributed by atoms with Gasteiger partial charge >= 0.3 is 0 Å². The minimum atomic E-state index is -0.359.